The van der Waals surface area contributed by atoms with Gasteiger partial charge in [-0.1, -0.05) is 78.0 Å². The molecule has 0 amide bonds. The summed E-state index contributed by atoms with van der Waals surface area (Å²) in [5.74, 6) is -0.251. The first-order valence-corrected chi connectivity index (χ1v) is 10.5. The van der Waals surface area contributed by atoms with Crippen molar-refractivity contribution in [2.45, 2.75) is 26.2 Å². The molecule has 3 aromatic rings. The SMILES string of the molecule is CCc1ccc([Si]C=CCc2ccc(F)c(Cc3ccccc3)n2)cc1Cl. The maximum Gasteiger partial charge on any atom is 0.145 e. The van der Waals surface area contributed by atoms with Gasteiger partial charge < -0.3 is 0 Å². The lowest BCUT2D eigenvalue weighted by atomic mass is 10.1. The van der Waals surface area contributed by atoms with E-state index in [1.54, 1.807) is 6.07 Å². The van der Waals surface area contributed by atoms with Crippen LogP contribution in [0.2, 0.25) is 5.02 Å². The molecule has 0 spiro atoms. The molecule has 27 heavy (non-hydrogen) atoms. The fourth-order valence-electron chi connectivity index (χ4n) is 2.82. The predicted molar refractivity (Wildman–Crippen MR) is 113 cm³/mol. The zero-order valence-electron chi connectivity index (χ0n) is 15.3. The van der Waals surface area contributed by atoms with Gasteiger partial charge in [0, 0.05) is 23.6 Å². The minimum Gasteiger partial charge on any atom is -0.254 e. The average Bonchev–Trinajstić information content (AvgIpc) is 2.68. The predicted octanol–water partition coefficient (Wildman–Crippen LogP) is 5.11. The quantitative estimate of drug-likeness (QED) is 0.508. The Morgan fingerprint density at radius 2 is 1.89 bits per heavy atom. The highest BCUT2D eigenvalue weighted by molar-refractivity contribution is 6.58. The molecule has 0 saturated heterocycles. The second-order valence-corrected chi connectivity index (χ2v) is 7.91. The van der Waals surface area contributed by atoms with E-state index in [1.165, 1.54) is 16.8 Å². The molecule has 0 atom stereocenters. The lowest BCUT2D eigenvalue weighted by molar-refractivity contribution is 0.602. The topological polar surface area (TPSA) is 12.9 Å². The van der Waals surface area contributed by atoms with E-state index in [4.69, 9.17) is 11.6 Å². The normalized spacial score (nSPS) is 11.2. The maximum atomic E-state index is 14.1. The standard InChI is InChI=1S/C23H21ClFNSi/c1-2-18-10-12-20(16-21(18)24)27-14-6-9-19-11-13-22(25)23(26-19)15-17-7-4-3-5-8-17/h3-8,10-14,16H,2,9,15H2,1H3. The Morgan fingerprint density at radius 1 is 1.07 bits per heavy atom. The molecule has 0 saturated carbocycles. The van der Waals surface area contributed by atoms with Crippen molar-refractivity contribution in [2.75, 3.05) is 0 Å². The third-order valence-electron chi connectivity index (χ3n) is 4.32. The van der Waals surface area contributed by atoms with Gasteiger partial charge in [-0.15, -0.1) is 0 Å². The lowest BCUT2D eigenvalue weighted by Crippen LogP contribution is -2.12. The monoisotopic (exact) mass is 393 g/mol. The largest absolute Gasteiger partial charge is 0.254 e. The van der Waals surface area contributed by atoms with Crippen molar-refractivity contribution in [1.29, 1.82) is 0 Å². The summed E-state index contributed by atoms with van der Waals surface area (Å²) < 4.78 is 14.1. The van der Waals surface area contributed by atoms with E-state index in [-0.39, 0.29) is 5.82 Å². The molecule has 0 fully saturated rings. The first kappa shape index (κ1) is 19.5. The van der Waals surface area contributed by atoms with Crippen LogP contribution in [-0.4, -0.2) is 14.5 Å². The summed E-state index contributed by atoms with van der Waals surface area (Å²) in [6.45, 7) is 2.10. The number of hydrogen-bond acceptors (Lipinski definition) is 1. The number of allylic oxidation sites excluding steroid dienone is 1. The molecule has 0 aliphatic rings. The molecule has 0 aliphatic heterocycles. The van der Waals surface area contributed by atoms with Crippen LogP contribution < -0.4 is 5.19 Å². The minimum atomic E-state index is -0.251. The molecule has 136 valence electrons. The van der Waals surface area contributed by atoms with Crippen LogP contribution in [0.4, 0.5) is 4.39 Å². The number of halogens is 2. The van der Waals surface area contributed by atoms with E-state index in [9.17, 15) is 4.39 Å². The number of rotatable bonds is 7. The van der Waals surface area contributed by atoms with Gasteiger partial charge in [-0.3, -0.25) is 4.98 Å². The summed E-state index contributed by atoms with van der Waals surface area (Å²) in [4.78, 5) is 4.50. The number of aromatic nitrogens is 1. The smallest absolute Gasteiger partial charge is 0.145 e. The number of benzene rings is 2. The Morgan fingerprint density at radius 3 is 2.63 bits per heavy atom. The summed E-state index contributed by atoms with van der Waals surface area (Å²) in [6, 6.07) is 19.4. The van der Waals surface area contributed by atoms with E-state index in [1.807, 2.05) is 36.4 Å². The highest BCUT2D eigenvalue weighted by Gasteiger charge is 2.06. The molecule has 4 heteroatoms. The second kappa shape index (κ2) is 9.63. The maximum absolute atomic E-state index is 14.1. The fraction of sp³-hybridized carbons (Fsp3) is 0.174. The summed E-state index contributed by atoms with van der Waals surface area (Å²) in [7, 11) is 0.556. The third-order valence-corrected chi connectivity index (χ3v) is 5.72. The van der Waals surface area contributed by atoms with Gasteiger partial charge in [0.05, 0.1) is 5.69 Å². The molecule has 3 rings (SSSR count). The molecule has 1 nitrogen and oxygen atoms in total. The van der Waals surface area contributed by atoms with E-state index in [0.717, 1.165) is 22.7 Å². The van der Waals surface area contributed by atoms with Gasteiger partial charge in [0.25, 0.3) is 0 Å². The molecule has 0 aliphatic carbocycles. The highest BCUT2D eigenvalue weighted by Crippen LogP contribution is 2.14. The lowest BCUT2D eigenvalue weighted by Gasteiger charge is -2.05. The number of nitrogens with zero attached hydrogens (tertiary/aromatic N) is 1. The molecular formula is C23H21ClFNSi. The molecule has 2 aromatic carbocycles. The van der Waals surface area contributed by atoms with Crippen LogP contribution in [0, 0.1) is 5.82 Å². The van der Waals surface area contributed by atoms with Crippen LogP contribution in [0.5, 0.6) is 0 Å². The van der Waals surface area contributed by atoms with Crippen LogP contribution >= 0.6 is 11.6 Å². The minimum absolute atomic E-state index is 0.251. The molecular weight excluding hydrogens is 373 g/mol. The van der Waals surface area contributed by atoms with E-state index in [0.29, 0.717) is 28.1 Å². The number of pyridine rings is 1. The third kappa shape index (κ3) is 5.62. The molecule has 0 N–H and O–H groups in total. The first-order chi connectivity index (χ1) is 13.2. The Hall–Kier alpha value is -2.23. The van der Waals surface area contributed by atoms with Gasteiger partial charge >= 0.3 is 0 Å². The zero-order chi connectivity index (χ0) is 19.1. The average molecular weight is 394 g/mol. The Bertz CT molecular complexity index is 925. The molecule has 1 heterocycles. The van der Waals surface area contributed by atoms with Crippen molar-refractivity contribution >= 4 is 26.3 Å². The summed E-state index contributed by atoms with van der Waals surface area (Å²) >= 11 is 6.27. The van der Waals surface area contributed by atoms with E-state index < -0.39 is 0 Å². The molecule has 1 aromatic heterocycles. The summed E-state index contributed by atoms with van der Waals surface area (Å²) in [6.07, 6.45) is 4.23. The number of aryl methyl sites for hydroxylation is 1. The number of hydrogen-bond donors (Lipinski definition) is 0. The van der Waals surface area contributed by atoms with Gasteiger partial charge in [0.2, 0.25) is 0 Å². The molecule has 0 unspecified atom stereocenters. The Labute approximate surface area is 167 Å². The van der Waals surface area contributed by atoms with Crippen molar-refractivity contribution in [2.24, 2.45) is 0 Å². The van der Waals surface area contributed by atoms with Crippen LogP contribution in [0.3, 0.4) is 0 Å². The van der Waals surface area contributed by atoms with Gasteiger partial charge in [-0.25, -0.2) is 4.39 Å². The van der Waals surface area contributed by atoms with Crippen LogP contribution in [0.1, 0.15) is 29.4 Å². The van der Waals surface area contributed by atoms with Crippen LogP contribution in [0.15, 0.2) is 72.4 Å². The van der Waals surface area contributed by atoms with Gasteiger partial charge in [-0.05, 0) is 35.7 Å². The van der Waals surface area contributed by atoms with Crippen molar-refractivity contribution in [3.8, 4) is 0 Å². The van der Waals surface area contributed by atoms with Gasteiger partial charge in [-0.2, -0.15) is 0 Å². The van der Waals surface area contributed by atoms with Gasteiger partial charge in [0.1, 0.15) is 15.3 Å². The Kier molecular flexibility index (Phi) is 6.96. The van der Waals surface area contributed by atoms with E-state index in [2.05, 4.69) is 35.8 Å². The Balaban J connectivity index is 1.61. The van der Waals surface area contributed by atoms with Crippen molar-refractivity contribution in [1.82, 2.24) is 4.98 Å². The van der Waals surface area contributed by atoms with Crippen molar-refractivity contribution in [3.05, 3.63) is 106 Å². The molecule has 2 radical (unpaired) electrons. The highest BCUT2D eigenvalue weighted by atomic mass is 35.5. The van der Waals surface area contributed by atoms with E-state index >= 15 is 0 Å². The van der Waals surface area contributed by atoms with Gasteiger partial charge in [0.15, 0.2) is 0 Å². The second-order valence-electron chi connectivity index (χ2n) is 6.30. The first-order valence-electron chi connectivity index (χ1n) is 9.04. The van der Waals surface area contributed by atoms with Crippen LogP contribution in [-0.2, 0) is 19.3 Å². The van der Waals surface area contributed by atoms with Crippen molar-refractivity contribution in [3.63, 3.8) is 0 Å². The summed E-state index contributed by atoms with van der Waals surface area (Å²) in [5, 5.41) is 2.05. The fourth-order valence-corrected chi connectivity index (χ4v) is 4.06. The molecule has 0 bridgehead atoms. The zero-order valence-corrected chi connectivity index (χ0v) is 17.0. The van der Waals surface area contributed by atoms with Crippen molar-refractivity contribution < 1.29 is 4.39 Å². The van der Waals surface area contributed by atoms with Crippen LogP contribution in [0.25, 0.3) is 0 Å². The summed E-state index contributed by atoms with van der Waals surface area (Å²) in [5.41, 5.74) is 5.75.